The Bertz CT molecular complexity index is 1410. The topological polar surface area (TPSA) is 78.9 Å². The van der Waals surface area contributed by atoms with E-state index in [0.717, 1.165) is 23.4 Å². The molecule has 0 spiro atoms. The number of hydrogen-bond acceptors (Lipinski definition) is 5. The molecule has 6 rings (SSSR count). The molecule has 2 N–H and O–H groups in total. The van der Waals surface area contributed by atoms with E-state index in [2.05, 4.69) is 15.1 Å². The van der Waals surface area contributed by atoms with Crippen LogP contribution in [0.2, 0.25) is 0 Å². The minimum absolute atomic E-state index is 0.244. The molecule has 1 atom stereocenters. The average Bonchev–Trinajstić information content (AvgIpc) is 3.55. The summed E-state index contributed by atoms with van der Waals surface area (Å²) in [5, 5.41) is 4.67. The molecule has 0 saturated heterocycles. The lowest BCUT2D eigenvalue weighted by Crippen LogP contribution is -2.11. The number of fused-ring (bicyclic) bond motifs is 7. The number of halogens is 2. The highest BCUT2D eigenvalue weighted by Crippen LogP contribution is 2.39. The lowest BCUT2D eigenvalue weighted by Gasteiger charge is -2.22. The molecule has 1 saturated carbocycles. The molecular weight excluding hydrogens is 436 g/mol. The summed E-state index contributed by atoms with van der Waals surface area (Å²) in [4.78, 5) is 8.82. The summed E-state index contributed by atoms with van der Waals surface area (Å²) in [6.07, 6.45) is 7.01. The molecule has 0 amide bonds. The Morgan fingerprint density at radius 2 is 1.88 bits per heavy atom. The molecule has 1 aliphatic heterocycles. The maximum atomic E-state index is 14.4. The maximum Gasteiger partial charge on any atom is 0.166 e. The first-order valence-electron chi connectivity index (χ1n) is 11.4. The Morgan fingerprint density at radius 1 is 1.03 bits per heavy atom. The van der Waals surface area contributed by atoms with Crippen molar-refractivity contribution in [2.24, 2.45) is 5.92 Å². The van der Waals surface area contributed by atoms with Gasteiger partial charge in [0.2, 0.25) is 0 Å². The second-order valence-corrected chi connectivity index (χ2v) is 9.07. The van der Waals surface area contributed by atoms with Crippen molar-refractivity contribution in [3.8, 4) is 28.1 Å². The molecule has 172 valence electrons. The van der Waals surface area contributed by atoms with Crippen LogP contribution in [-0.4, -0.2) is 19.7 Å². The summed E-state index contributed by atoms with van der Waals surface area (Å²) < 4.78 is 36.9. The third-order valence-electron chi connectivity index (χ3n) is 6.54. The number of anilines is 1. The summed E-state index contributed by atoms with van der Waals surface area (Å²) in [5.74, 6) is 0.398. The van der Waals surface area contributed by atoms with Crippen LogP contribution in [0, 0.1) is 17.6 Å². The number of pyridine rings is 2. The first kappa shape index (κ1) is 20.8. The Morgan fingerprint density at radius 3 is 2.71 bits per heavy atom. The van der Waals surface area contributed by atoms with E-state index in [1.807, 2.05) is 23.9 Å². The van der Waals surface area contributed by atoms with Crippen LogP contribution in [0.1, 0.15) is 42.7 Å². The third-order valence-corrected chi connectivity index (χ3v) is 6.54. The molecular formula is C26H23F2N5O. The van der Waals surface area contributed by atoms with Gasteiger partial charge in [0.15, 0.2) is 11.6 Å². The number of benzene rings is 1. The van der Waals surface area contributed by atoms with Gasteiger partial charge >= 0.3 is 0 Å². The van der Waals surface area contributed by atoms with E-state index in [-0.39, 0.29) is 5.82 Å². The number of ether oxygens (including phenoxy) is 1. The largest absolute Gasteiger partial charge is 0.482 e. The monoisotopic (exact) mass is 459 g/mol. The highest BCUT2D eigenvalue weighted by molar-refractivity contribution is 5.73. The van der Waals surface area contributed by atoms with Crippen molar-refractivity contribution in [1.82, 2.24) is 19.7 Å². The molecule has 8 heteroatoms. The second kappa shape index (κ2) is 7.90. The van der Waals surface area contributed by atoms with E-state index in [9.17, 15) is 8.78 Å². The molecule has 0 unspecified atom stereocenters. The van der Waals surface area contributed by atoms with Crippen LogP contribution in [0.5, 0.6) is 5.75 Å². The molecule has 2 bridgehead atoms. The summed E-state index contributed by atoms with van der Waals surface area (Å²) >= 11 is 0. The number of rotatable bonds is 2. The number of nitrogens with two attached hydrogens (primary N) is 1. The molecule has 6 nitrogen and oxygen atoms in total. The summed E-state index contributed by atoms with van der Waals surface area (Å²) in [6.45, 7) is 2.63. The van der Waals surface area contributed by atoms with Crippen LogP contribution in [0.4, 0.5) is 14.6 Å². The fraction of sp³-hybridized carbons (Fsp3) is 0.269. The predicted molar refractivity (Wildman–Crippen MR) is 124 cm³/mol. The normalized spacial score (nSPS) is 17.0. The standard InChI is InChI=1S/C26H23F2N5O/c1-14-21-8-18(27)4-5-20(21)22-9-19(28)12-30-23(22)6-16-11-32-33(13-15-2-3-15)25(16)17-7-24(34-14)26(29)31-10-17/h4-5,7-12,14-15H,2-3,6,13H2,1H3,(H2,29,31)/t14-/m1/s1. The van der Waals surface area contributed by atoms with Gasteiger partial charge in [-0.25, -0.2) is 13.8 Å². The zero-order valence-corrected chi connectivity index (χ0v) is 18.6. The molecule has 34 heavy (non-hydrogen) atoms. The van der Waals surface area contributed by atoms with Gasteiger partial charge in [-0.3, -0.25) is 9.67 Å². The van der Waals surface area contributed by atoms with Gasteiger partial charge in [-0.15, -0.1) is 0 Å². The zero-order valence-electron chi connectivity index (χ0n) is 18.6. The highest BCUT2D eigenvalue weighted by Gasteiger charge is 2.27. The molecule has 4 aromatic rings. The van der Waals surface area contributed by atoms with Crippen molar-refractivity contribution in [1.29, 1.82) is 0 Å². The van der Waals surface area contributed by atoms with Crippen LogP contribution in [0.3, 0.4) is 0 Å². The van der Waals surface area contributed by atoms with Gasteiger partial charge in [0, 0.05) is 41.4 Å². The number of nitrogens with zero attached hydrogens (tertiary/aromatic N) is 4. The Balaban J connectivity index is 1.61. The second-order valence-electron chi connectivity index (χ2n) is 9.07. The minimum Gasteiger partial charge on any atom is -0.482 e. The molecule has 4 heterocycles. The molecule has 3 aromatic heterocycles. The molecule has 2 aliphatic rings. The Hall–Kier alpha value is -3.81. The number of nitrogen functional groups attached to an aromatic ring is 1. The van der Waals surface area contributed by atoms with Crippen LogP contribution >= 0.6 is 0 Å². The first-order chi connectivity index (χ1) is 16.5. The SMILES string of the molecule is C[C@H]1Oc2cc(cnc2N)-c2c(cnn2CC2CC2)Cc2ncc(F)cc2-c2ccc(F)cc21. The van der Waals surface area contributed by atoms with Crippen LogP contribution in [0.15, 0.2) is 48.9 Å². The Labute approximate surface area is 195 Å². The third kappa shape index (κ3) is 3.69. The highest BCUT2D eigenvalue weighted by atomic mass is 19.1. The number of hydrogen-bond donors (Lipinski definition) is 1. The lowest BCUT2D eigenvalue weighted by atomic mass is 9.92. The van der Waals surface area contributed by atoms with Gasteiger partial charge in [-0.2, -0.15) is 5.10 Å². The minimum atomic E-state index is -0.573. The van der Waals surface area contributed by atoms with Crippen LogP contribution < -0.4 is 10.5 Å². The van der Waals surface area contributed by atoms with Crippen LogP contribution in [-0.2, 0) is 13.0 Å². The summed E-state index contributed by atoms with van der Waals surface area (Å²) in [7, 11) is 0. The van der Waals surface area contributed by atoms with Gasteiger partial charge < -0.3 is 10.5 Å². The van der Waals surface area contributed by atoms with E-state index in [1.54, 1.807) is 12.3 Å². The molecule has 0 radical (unpaired) electrons. The number of aromatic nitrogens is 4. The van der Waals surface area contributed by atoms with Crippen molar-refractivity contribution >= 4 is 5.82 Å². The summed E-state index contributed by atoms with van der Waals surface area (Å²) in [5.41, 5.74) is 11.4. The van der Waals surface area contributed by atoms with E-state index in [1.165, 1.54) is 37.2 Å². The molecule has 1 aromatic carbocycles. The fourth-order valence-corrected chi connectivity index (χ4v) is 4.64. The van der Waals surface area contributed by atoms with Crippen molar-refractivity contribution in [3.05, 3.63) is 77.4 Å². The van der Waals surface area contributed by atoms with Gasteiger partial charge in [0.1, 0.15) is 17.7 Å². The molecule has 1 fully saturated rings. The smallest absolute Gasteiger partial charge is 0.166 e. The van der Waals surface area contributed by atoms with Gasteiger partial charge in [-0.05, 0) is 55.5 Å². The quantitative estimate of drug-likeness (QED) is 0.439. The lowest BCUT2D eigenvalue weighted by molar-refractivity contribution is 0.227. The van der Waals surface area contributed by atoms with Gasteiger partial charge in [0.25, 0.3) is 0 Å². The first-order valence-corrected chi connectivity index (χ1v) is 11.4. The van der Waals surface area contributed by atoms with E-state index in [0.29, 0.717) is 40.5 Å². The average molecular weight is 460 g/mol. The fourth-order valence-electron chi connectivity index (χ4n) is 4.64. The van der Waals surface area contributed by atoms with Crippen molar-refractivity contribution in [2.75, 3.05) is 5.73 Å². The van der Waals surface area contributed by atoms with E-state index in [4.69, 9.17) is 10.5 Å². The van der Waals surface area contributed by atoms with Crippen molar-refractivity contribution < 1.29 is 13.5 Å². The van der Waals surface area contributed by atoms with Crippen LogP contribution in [0.25, 0.3) is 22.4 Å². The predicted octanol–water partition coefficient (Wildman–Crippen LogP) is 5.32. The van der Waals surface area contributed by atoms with Crippen molar-refractivity contribution in [3.63, 3.8) is 0 Å². The zero-order chi connectivity index (χ0) is 23.4. The Kier molecular flexibility index (Phi) is 4.83. The van der Waals surface area contributed by atoms with Crippen molar-refractivity contribution in [2.45, 2.75) is 38.8 Å². The van der Waals surface area contributed by atoms with E-state index >= 15 is 0 Å². The van der Waals surface area contributed by atoms with Gasteiger partial charge in [-0.1, -0.05) is 6.07 Å². The molecule has 1 aliphatic carbocycles. The summed E-state index contributed by atoms with van der Waals surface area (Å²) in [6, 6.07) is 7.73. The van der Waals surface area contributed by atoms with E-state index < -0.39 is 17.7 Å². The maximum absolute atomic E-state index is 14.4. The van der Waals surface area contributed by atoms with Gasteiger partial charge in [0.05, 0.1) is 23.8 Å².